The van der Waals surface area contributed by atoms with Gasteiger partial charge >= 0.3 is 0 Å². The number of nitrogens with one attached hydrogen (secondary N) is 1. The van der Waals surface area contributed by atoms with Gasteiger partial charge in [-0.1, -0.05) is 17.8 Å². The largest absolute Gasteiger partial charge is 0.355 e. The lowest BCUT2D eigenvalue weighted by atomic mass is 10.0. The lowest BCUT2D eigenvalue weighted by molar-refractivity contribution is 0.0988. The van der Waals surface area contributed by atoms with Crippen LogP contribution in [0.15, 0.2) is 17.8 Å². The zero-order valence-corrected chi connectivity index (χ0v) is 16.4. The topological polar surface area (TPSA) is 80.6 Å². The summed E-state index contributed by atoms with van der Waals surface area (Å²) in [4.78, 5) is 27.8. The van der Waals surface area contributed by atoms with Crippen LogP contribution in [0.25, 0.3) is 0 Å². The number of hydrogen-bond acceptors (Lipinski definition) is 5. The predicted octanol–water partition coefficient (Wildman–Crippen LogP) is 3.85. The van der Waals surface area contributed by atoms with Gasteiger partial charge in [-0.05, 0) is 46.1 Å². The van der Waals surface area contributed by atoms with Crippen LogP contribution >= 0.6 is 11.8 Å². The number of Topliss-reactive ketones (excluding diaryl/α,β-unsaturated/α-hetero) is 2. The molecule has 6 nitrogen and oxygen atoms in total. The highest BCUT2D eigenvalue weighted by Gasteiger charge is 2.31. The van der Waals surface area contributed by atoms with E-state index in [1.54, 1.807) is 0 Å². The van der Waals surface area contributed by atoms with E-state index in [1.807, 2.05) is 31.4 Å². The highest BCUT2D eigenvalue weighted by molar-refractivity contribution is 8.00. The molecule has 3 rings (SSSR count). The summed E-state index contributed by atoms with van der Waals surface area (Å²) in [7, 11) is 0. The Morgan fingerprint density at radius 3 is 2.62 bits per heavy atom. The third-order valence-electron chi connectivity index (χ3n) is 4.69. The van der Waals surface area contributed by atoms with Gasteiger partial charge in [-0.3, -0.25) is 9.59 Å². The van der Waals surface area contributed by atoms with Crippen LogP contribution in [0.5, 0.6) is 0 Å². The highest BCUT2D eigenvalue weighted by Crippen LogP contribution is 2.40. The second-order valence-corrected chi connectivity index (χ2v) is 8.13. The first kappa shape index (κ1) is 18.6. The lowest BCUT2D eigenvalue weighted by Gasteiger charge is -2.11. The fraction of sp³-hybridized carbons (Fsp3) is 0.474. The molecule has 26 heavy (non-hydrogen) atoms. The van der Waals surface area contributed by atoms with Crippen molar-refractivity contribution < 1.29 is 9.59 Å². The van der Waals surface area contributed by atoms with E-state index in [0.717, 1.165) is 35.1 Å². The standard InChI is InChI=1S/C19H24N4O2S/c1-6-9-23-18(14-7-8-14)21-22-19(23)26-13(5)17(25)16-10(2)15(12(4)24)11(3)20-16/h6,13-14,20H,1,7-9H2,2-5H3. The Hall–Kier alpha value is -2.15. The maximum atomic E-state index is 12.9. The number of hydrogen-bond donors (Lipinski definition) is 1. The van der Waals surface area contributed by atoms with Crippen LogP contribution in [0.2, 0.25) is 0 Å². The Labute approximate surface area is 157 Å². The Morgan fingerprint density at radius 2 is 2.08 bits per heavy atom. The molecule has 1 aliphatic rings. The number of aromatic amines is 1. The molecule has 1 unspecified atom stereocenters. The predicted molar refractivity (Wildman–Crippen MR) is 102 cm³/mol. The first-order chi connectivity index (χ1) is 12.3. The van der Waals surface area contributed by atoms with Crippen molar-refractivity contribution in [2.24, 2.45) is 0 Å². The number of H-pyrrole nitrogens is 1. The highest BCUT2D eigenvalue weighted by atomic mass is 32.2. The van der Waals surface area contributed by atoms with Crippen molar-refractivity contribution in [3.05, 3.63) is 41.0 Å². The van der Waals surface area contributed by atoms with E-state index in [1.165, 1.54) is 18.7 Å². The summed E-state index contributed by atoms with van der Waals surface area (Å²) in [6.07, 6.45) is 4.11. The summed E-state index contributed by atoms with van der Waals surface area (Å²) >= 11 is 1.40. The Balaban J connectivity index is 1.83. The van der Waals surface area contributed by atoms with E-state index in [0.29, 0.717) is 23.7 Å². The van der Waals surface area contributed by atoms with Crippen molar-refractivity contribution in [3.8, 4) is 0 Å². The minimum absolute atomic E-state index is 0.0320. The van der Waals surface area contributed by atoms with Crippen LogP contribution in [-0.4, -0.2) is 36.6 Å². The van der Waals surface area contributed by atoms with Crippen molar-refractivity contribution in [1.29, 1.82) is 0 Å². The fourth-order valence-corrected chi connectivity index (χ4v) is 4.20. The maximum Gasteiger partial charge on any atom is 0.192 e. The number of rotatable bonds is 8. The second-order valence-electron chi connectivity index (χ2n) is 6.82. The number of aromatic nitrogens is 4. The molecule has 0 radical (unpaired) electrons. The zero-order chi connectivity index (χ0) is 19.0. The van der Waals surface area contributed by atoms with E-state index in [9.17, 15) is 9.59 Å². The van der Waals surface area contributed by atoms with Gasteiger partial charge < -0.3 is 9.55 Å². The third kappa shape index (κ3) is 3.40. The minimum atomic E-state index is -0.341. The summed E-state index contributed by atoms with van der Waals surface area (Å²) in [6.45, 7) is 11.5. The van der Waals surface area contributed by atoms with Gasteiger partial charge in [-0.2, -0.15) is 0 Å². The summed E-state index contributed by atoms with van der Waals surface area (Å²) in [5, 5.41) is 9.01. The molecular formula is C19H24N4O2S. The summed E-state index contributed by atoms with van der Waals surface area (Å²) in [5.41, 5.74) is 2.57. The molecule has 0 saturated heterocycles. The molecular weight excluding hydrogens is 348 g/mol. The summed E-state index contributed by atoms with van der Waals surface area (Å²) in [5.74, 6) is 1.40. The van der Waals surface area contributed by atoms with E-state index in [2.05, 4.69) is 21.8 Å². The van der Waals surface area contributed by atoms with Gasteiger partial charge in [0.15, 0.2) is 16.7 Å². The molecule has 2 aromatic rings. The number of aryl methyl sites for hydroxylation is 1. The van der Waals surface area contributed by atoms with Crippen LogP contribution in [0.4, 0.5) is 0 Å². The smallest absolute Gasteiger partial charge is 0.192 e. The molecule has 7 heteroatoms. The van der Waals surface area contributed by atoms with Gasteiger partial charge in [0.1, 0.15) is 5.82 Å². The molecule has 1 N–H and O–H groups in total. The maximum absolute atomic E-state index is 12.9. The van der Waals surface area contributed by atoms with Crippen molar-refractivity contribution in [1.82, 2.24) is 19.7 Å². The third-order valence-corrected chi connectivity index (χ3v) is 5.77. The molecule has 1 atom stereocenters. The quantitative estimate of drug-likeness (QED) is 0.432. The van der Waals surface area contributed by atoms with Gasteiger partial charge in [0.05, 0.1) is 10.9 Å². The Morgan fingerprint density at radius 1 is 1.38 bits per heavy atom. The van der Waals surface area contributed by atoms with Crippen molar-refractivity contribution >= 4 is 23.3 Å². The van der Waals surface area contributed by atoms with Crippen LogP contribution in [0.3, 0.4) is 0 Å². The minimum Gasteiger partial charge on any atom is -0.355 e. The molecule has 1 aliphatic carbocycles. The molecule has 0 bridgehead atoms. The summed E-state index contributed by atoms with van der Waals surface area (Å²) in [6, 6.07) is 0. The zero-order valence-electron chi connectivity index (χ0n) is 15.6. The van der Waals surface area contributed by atoms with Gasteiger partial charge in [0.25, 0.3) is 0 Å². The number of allylic oxidation sites excluding steroid dienone is 1. The summed E-state index contributed by atoms with van der Waals surface area (Å²) < 4.78 is 2.05. The molecule has 0 amide bonds. The lowest BCUT2D eigenvalue weighted by Crippen LogP contribution is -2.16. The molecule has 138 valence electrons. The Kier molecular flexibility index (Phi) is 5.18. The fourth-order valence-electron chi connectivity index (χ4n) is 3.27. The van der Waals surface area contributed by atoms with Gasteiger partial charge in [-0.15, -0.1) is 16.8 Å². The molecule has 2 aromatic heterocycles. The molecule has 0 aliphatic heterocycles. The average molecular weight is 372 g/mol. The first-order valence-electron chi connectivity index (χ1n) is 8.80. The molecule has 2 heterocycles. The first-order valence-corrected chi connectivity index (χ1v) is 9.68. The van der Waals surface area contributed by atoms with Crippen molar-refractivity contribution in [3.63, 3.8) is 0 Å². The van der Waals surface area contributed by atoms with E-state index in [-0.39, 0.29) is 16.8 Å². The number of nitrogens with zero attached hydrogens (tertiary/aromatic N) is 3. The van der Waals surface area contributed by atoms with Crippen molar-refractivity contribution in [2.75, 3.05) is 0 Å². The number of carbonyl (C=O) groups is 2. The van der Waals surface area contributed by atoms with Crippen LogP contribution < -0.4 is 0 Å². The molecule has 1 saturated carbocycles. The van der Waals surface area contributed by atoms with Gasteiger partial charge in [0, 0.05) is 23.7 Å². The molecule has 1 fully saturated rings. The Bertz CT molecular complexity index is 876. The van der Waals surface area contributed by atoms with Crippen LogP contribution in [-0.2, 0) is 6.54 Å². The molecule has 0 spiro atoms. The SMILES string of the molecule is C=CCn1c(SC(C)C(=O)c2[nH]c(C)c(C(C)=O)c2C)nnc1C1CC1. The van der Waals surface area contributed by atoms with Gasteiger partial charge in [0.2, 0.25) is 0 Å². The van der Waals surface area contributed by atoms with E-state index >= 15 is 0 Å². The average Bonchev–Trinajstić information content (AvgIpc) is 3.28. The normalized spacial score (nSPS) is 15.1. The van der Waals surface area contributed by atoms with Crippen LogP contribution in [0, 0.1) is 13.8 Å². The van der Waals surface area contributed by atoms with Crippen LogP contribution in [0.1, 0.15) is 70.5 Å². The molecule has 0 aromatic carbocycles. The number of carbonyl (C=O) groups excluding carboxylic acids is 2. The van der Waals surface area contributed by atoms with E-state index < -0.39 is 0 Å². The number of thioether (sulfide) groups is 1. The monoisotopic (exact) mass is 372 g/mol. The van der Waals surface area contributed by atoms with Crippen molar-refractivity contribution in [2.45, 2.75) is 63.4 Å². The van der Waals surface area contributed by atoms with Gasteiger partial charge in [-0.25, -0.2) is 0 Å². The van der Waals surface area contributed by atoms with E-state index in [4.69, 9.17) is 0 Å². The number of ketones is 2. The second kappa shape index (κ2) is 7.23.